The summed E-state index contributed by atoms with van der Waals surface area (Å²) < 4.78 is 0. The number of nitrogens with one attached hydrogen (secondary N) is 1. The number of nitrogens with zero attached hydrogens (tertiary/aromatic N) is 1. The molecule has 3 aromatic carbocycles. The van der Waals surface area contributed by atoms with E-state index in [1.165, 1.54) is 11.1 Å². The Labute approximate surface area is 171 Å². The van der Waals surface area contributed by atoms with Gasteiger partial charge in [-0.25, -0.2) is 0 Å². The fraction of sp³-hybridized carbons (Fsp3) is 0.280. The van der Waals surface area contributed by atoms with E-state index in [4.69, 9.17) is 0 Å². The molecule has 1 aliphatic heterocycles. The highest BCUT2D eigenvalue weighted by atomic mass is 16.2. The number of fused-ring (bicyclic) bond motifs is 1. The zero-order valence-corrected chi connectivity index (χ0v) is 17.2. The summed E-state index contributed by atoms with van der Waals surface area (Å²) in [6.45, 7) is 7.84. The van der Waals surface area contributed by atoms with Crippen molar-refractivity contribution < 1.29 is 9.59 Å². The van der Waals surface area contributed by atoms with Crippen LogP contribution >= 0.6 is 0 Å². The lowest BCUT2D eigenvalue weighted by Gasteiger charge is -2.26. The van der Waals surface area contributed by atoms with E-state index >= 15 is 0 Å². The Bertz CT molecular complexity index is 1100. The number of hydrogen-bond donors (Lipinski definition) is 1. The van der Waals surface area contributed by atoms with Gasteiger partial charge < -0.3 is 10.2 Å². The van der Waals surface area contributed by atoms with Gasteiger partial charge in [-0.05, 0) is 51.1 Å². The Balaban J connectivity index is 1.64. The van der Waals surface area contributed by atoms with Crippen molar-refractivity contribution in [3.63, 3.8) is 0 Å². The maximum absolute atomic E-state index is 12.8. The molecule has 4 nitrogen and oxygen atoms in total. The van der Waals surface area contributed by atoms with Crippen LogP contribution in [0.5, 0.6) is 0 Å². The van der Waals surface area contributed by atoms with Crippen LogP contribution in [0.15, 0.2) is 60.7 Å². The van der Waals surface area contributed by atoms with Gasteiger partial charge in [-0.15, -0.1) is 0 Å². The van der Waals surface area contributed by atoms with Crippen LogP contribution in [0.2, 0.25) is 0 Å². The number of hydrogen-bond acceptors (Lipinski definition) is 2. The Kier molecular flexibility index (Phi) is 4.87. The molecule has 1 aliphatic rings. The third-order valence-electron chi connectivity index (χ3n) is 5.47. The zero-order valence-electron chi connectivity index (χ0n) is 17.2. The summed E-state index contributed by atoms with van der Waals surface area (Å²) in [6.07, 6.45) is 0. The van der Waals surface area contributed by atoms with Crippen molar-refractivity contribution in [2.45, 2.75) is 26.2 Å². The Morgan fingerprint density at radius 2 is 1.66 bits per heavy atom. The topological polar surface area (TPSA) is 49.4 Å². The summed E-state index contributed by atoms with van der Waals surface area (Å²) in [5.74, 6) is -0.198. The highest BCUT2D eigenvalue weighted by Gasteiger charge is 2.22. The van der Waals surface area contributed by atoms with E-state index in [9.17, 15) is 9.59 Å². The first-order valence-corrected chi connectivity index (χ1v) is 10.0. The summed E-state index contributed by atoms with van der Waals surface area (Å²) in [5.41, 5.74) is 4.39. The van der Waals surface area contributed by atoms with Gasteiger partial charge in [0.05, 0.1) is 6.54 Å². The van der Waals surface area contributed by atoms with E-state index < -0.39 is 0 Å². The summed E-state index contributed by atoms with van der Waals surface area (Å²) in [5, 5.41) is 4.87. The van der Waals surface area contributed by atoms with Gasteiger partial charge in [0.25, 0.3) is 5.91 Å². The van der Waals surface area contributed by atoms with Crippen molar-refractivity contribution in [2.75, 3.05) is 19.6 Å². The summed E-state index contributed by atoms with van der Waals surface area (Å²) in [7, 11) is 0. The fourth-order valence-electron chi connectivity index (χ4n) is 3.72. The van der Waals surface area contributed by atoms with E-state index in [2.05, 4.69) is 68.6 Å². The highest BCUT2D eigenvalue weighted by molar-refractivity contribution is 6.01. The lowest BCUT2D eigenvalue weighted by Crippen LogP contribution is -2.49. The predicted octanol–water partition coefficient (Wildman–Crippen LogP) is 4.38. The fourth-order valence-corrected chi connectivity index (χ4v) is 3.72. The average molecular weight is 386 g/mol. The minimum atomic E-state index is -0.104. The maximum Gasteiger partial charge on any atom is 0.254 e. The van der Waals surface area contributed by atoms with E-state index in [0.717, 1.165) is 16.3 Å². The minimum Gasteiger partial charge on any atom is -0.353 e. The van der Waals surface area contributed by atoms with Crippen LogP contribution in [0.1, 0.15) is 36.7 Å². The van der Waals surface area contributed by atoms with E-state index in [1.54, 1.807) is 4.90 Å². The van der Waals surface area contributed by atoms with Gasteiger partial charge in [0, 0.05) is 18.7 Å². The lowest BCUT2D eigenvalue weighted by atomic mass is 9.85. The normalized spacial score (nSPS) is 14.7. The number of benzene rings is 3. The summed E-state index contributed by atoms with van der Waals surface area (Å²) in [6, 6.07) is 20.8. The number of rotatable bonds is 2. The molecule has 0 atom stereocenters. The van der Waals surface area contributed by atoms with E-state index in [-0.39, 0.29) is 23.8 Å². The van der Waals surface area contributed by atoms with Crippen LogP contribution < -0.4 is 5.32 Å². The first-order valence-electron chi connectivity index (χ1n) is 10.0. The third-order valence-corrected chi connectivity index (χ3v) is 5.47. The molecule has 0 aliphatic carbocycles. The molecule has 4 rings (SSSR count). The quantitative estimate of drug-likeness (QED) is 0.711. The Morgan fingerprint density at radius 3 is 2.41 bits per heavy atom. The number of carbonyl (C=O) groups is 2. The molecular formula is C25H26N2O2. The smallest absolute Gasteiger partial charge is 0.254 e. The van der Waals surface area contributed by atoms with Crippen molar-refractivity contribution in [2.24, 2.45) is 0 Å². The molecule has 1 heterocycles. The van der Waals surface area contributed by atoms with Gasteiger partial charge >= 0.3 is 0 Å². The highest BCUT2D eigenvalue weighted by Crippen LogP contribution is 2.30. The molecule has 0 bridgehead atoms. The Hall–Kier alpha value is -3.14. The molecule has 29 heavy (non-hydrogen) atoms. The standard InChI is InChI=1S/C25H26N2O2/c1-25(2,3)22-6-4-5-17(15-22)18-7-8-20-14-21(10-9-19(20)13-18)24(29)27-12-11-26-23(28)16-27/h4-10,13-15H,11-12,16H2,1-3H3,(H,26,28). The SMILES string of the molecule is CC(C)(C)c1cccc(-c2ccc3cc(C(=O)N4CCNC(=O)C4)ccc3c2)c1. The molecule has 1 N–H and O–H groups in total. The monoisotopic (exact) mass is 386 g/mol. The summed E-state index contributed by atoms with van der Waals surface area (Å²) in [4.78, 5) is 25.9. The first kappa shape index (κ1) is 19.2. The van der Waals surface area contributed by atoms with Crippen LogP contribution in [0, 0.1) is 0 Å². The molecule has 0 unspecified atom stereocenters. The third kappa shape index (κ3) is 4.02. The van der Waals surface area contributed by atoms with E-state index in [0.29, 0.717) is 18.7 Å². The predicted molar refractivity (Wildman–Crippen MR) is 117 cm³/mol. The van der Waals surface area contributed by atoms with Crippen LogP contribution in [0.4, 0.5) is 0 Å². The van der Waals surface area contributed by atoms with Crippen LogP contribution in [-0.2, 0) is 10.2 Å². The van der Waals surface area contributed by atoms with E-state index in [1.807, 2.05) is 18.2 Å². The number of carbonyl (C=O) groups excluding carboxylic acids is 2. The van der Waals surface area contributed by atoms with Gasteiger partial charge in [0.15, 0.2) is 0 Å². The second-order valence-corrected chi connectivity index (χ2v) is 8.68. The molecule has 1 fully saturated rings. The van der Waals surface area contributed by atoms with Crippen LogP contribution in [-0.4, -0.2) is 36.3 Å². The molecule has 1 saturated heterocycles. The van der Waals surface area contributed by atoms with Crippen molar-refractivity contribution in [1.82, 2.24) is 10.2 Å². The molecule has 0 saturated carbocycles. The maximum atomic E-state index is 12.8. The molecule has 0 radical (unpaired) electrons. The lowest BCUT2D eigenvalue weighted by molar-refractivity contribution is -0.123. The van der Waals surface area contributed by atoms with Gasteiger partial charge in [-0.1, -0.05) is 63.2 Å². The second kappa shape index (κ2) is 7.36. The molecule has 148 valence electrons. The molecule has 0 spiro atoms. The molecular weight excluding hydrogens is 360 g/mol. The minimum absolute atomic E-state index is 0.0938. The Morgan fingerprint density at radius 1 is 0.931 bits per heavy atom. The van der Waals surface area contributed by atoms with Crippen LogP contribution in [0.3, 0.4) is 0 Å². The molecule has 0 aromatic heterocycles. The summed E-state index contributed by atoms with van der Waals surface area (Å²) >= 11 is 0. The zero-order chi connectivity index (χ0) is 20.6. The van der Waals surface area contributed by atoms with Crippen molar-refractivity contribution in [3.05, 3.63) is 71.8 Å². The van der Waals surface area contributed by atoms with Crippen molar-refractivity contribution in [3.8, 4) is 11.1 Å². The molecule has 2 amide bonds. The van der Waals surface area contributed by atoms with Crippen LogP contribution in [0.25, 0.3) is 21.9 Å². The van der Waals surface area contributed by atoms with Gasteiger partial charge in [0.1, 0.15) is 0 Å². The second-order valence-electron chi connectivity index (χ2n) is 8.68. The van der Waals surface area contributed by atoms with Gasteiger partial charge in [-0.3, -0.25) is 9.59 Å². The largest absolute Gasteiger partial charge is 0.353 e. The van der Waals surface area contributed by atoms with Crippen molar-refractivity contribution >= 4 is 22.6 Å². The molecule has 4 heteroatoms. The van der Waals surface area contributed by atoms with Gasteiger partial charge in [0.2, 0.25) is 5.91 Å². The first-order chi connectivity index (χ1) is 13.8. The number of piperazine rings is 1. The van der Waals surface area contributed by atoms with Gasteiger partial charge in [-0.2, -0.15) is 0 Å². The average Bonchev–Trinajstić information content (AvgIpc) is 2.72. The number of amides is 2. The van der Waals surface area contributed by atoms with Crippen molar-refractivity contribution in [1.29, 1.82) is 0 Å². The molecule has 3 aromatic rings.